The highest BCUT2D eigenvalue weighted by Crippen LogP contribution is 2.40. The van der Waals surface area contributed by atoms with Gasteiger partial charge < -0.3 is 10.1 Å². The minimum Gasteiger partial charge on any atom is -0.452 e. The Labute approximate surface area is 169 Å². The number of amides is 1. The molecule has 6 nitrogen and oxygen atoms in total. The Balaban J connectivity index is 1.70. The molecule has 8 heteroatoms. The van der Waals surface area contributed by atoms with E-state index in [1.54, 1.807) is 36.6 Å². The predicted molar refractivity (Wildman–Crippen MR) is 106 cm³/mol. The summed E-state index contributed by atoms with van der Waals surface area (Å²) < 4.78 is 6.03. The highest BCUT2D eigenvalue weighted by Gasteiger charge is 2.29. The summed E-state index contributed by atoms with van der Waals surface area (Å²) in [6, 6.07) is 10.7. The highest BCUT2D eigenvalue weighted by molar-refractivity contribution is 9.10. The number of rotatable bonds is 6. The maximum absolute atomic E-state index is 12.5. The van der Waals surface area contributed by atoms with Gasteiger partial charge >= 0.3 is 5.97 Å². The first-order valence-electron chi connectivity index (χ1n) is 8.23. The quantitative estimate of drug-likeness (QED) is 0.531. The maximum atomic E-state index is 12.5. The monoisotopic (exact) mass is 445 g/mol. The van der Waals surface area contributed by atoms with Gasteiger partial charge in [-0.2, -0.15) is 5.26 Å². The average molecular weight is 446 g/mol. The van der Waals surface area contributed by atoms with Gasteiger partial charge in [-0.1, -0.05) is 15.9 Å². The van der Waals surface area contributed by atoms with Crippen molar-refractivity contribution in [1.29, 1.82) is 5.26 Å². The SMILES string of the molecule is CSc1nc(C2CC2)cc(C(=O)OCC(=O)Nc2ccc(Br)cc2)c1C#N. The molecule has 0 bridgehead atoms. The van der Waals surface area contributed by atoms with E-state index in [0.29, 0.717) is 16.6 Å². The van der Waals surface area contributed by atoms with Crippen LogP contribution in [0.4, 0.5) is 5.69 Å². The molecular weight excluding hydrogens is 430 g/mol. The van der Waals surface area contributed by atoms with E-state index in [0.717, 1.165) is 23.0 Å². The lowest BCUT2D eigenvalue weighted by molar-refractivity contribution is -0.119. The van der Waals surface area contributed by atoms with Crippen molar-refractivity contribution in [3.05, 3.63) is 51.6 Å². The van der Waals surface area contributed by atoms with Crippen molar-refractivity contribution in [1.82, 2.24) is 4.98 Å². The van der Waals surface area contributed by atoms with E-state index in [2.05, 4.69) is 26.2 Å². The van der Waals surface area contributed by atoms with E-state index < -0.39 is 18.5 Å². The first kappa shape index (κ1) is 19.4. The lowest BCUT2D eigenvalue weighted by Gasteiger charge is -2.11. The van der Waals surface area contributed by atoms with Crippen LogP contribution in [0, 0.1) is 11.3 Å². The Morgan fingerprint density at radius 1 is 1.37 bits per heavy atom. The van der Waals surface area contributed by atoms with Crippen LogP contribution in [0.5, 0.6) is 0 Å². The van der Waals surface area contributed by atoms with Gasteiger partial charge in [-0.25, -0.2) is 9.78 Å². The molecule has 0 spiro atoms. The molecule has 1 fully saturated rings. The van der Waals surface area contributed by atoms with Crippen LogP contribution in [0.1, 0.15) is 40.4 Å². The number of hydrogen-bond acceptors (Lipinski definition) is 6. The molecule has 0 aliphatic heterocycles. The lowest BCUT2D eigenvalue weighted by atomic mass is 10.1. The van der Waals surface area contributed by atoms with E-state index in [-0.39, 0.29) is 11.1 Å². The van der Waals surface area contributed by atoms with E-state index >= 15 is 0 Å². The second-order valence-corrected chi connectivity index (χ2v) is 7.71. The van der Waals surface area contributed by atoms with E-state index in [4.69, 9.17) is 4.74 Å². The van der Waals surface area contributed by atoms with Crippen LogP contribution in [0.3, 0.4) is 0 Å². The molecule has 1 N–H and O–H groups in total. The summed E-state index contributed by atoms with van der Waals surface area (Å²) >= 11 is 4.63. The zero-order valence-corrected chi connectivity index (χ0v) is 16.9. The van der Waals surface area contributed by atoms with Gasteiger partial charge in [-0.15, -0.1) is 11.8 Å². The van der Waals surface area contributed by atoms with Crippen LogP contribution >= 0.6 is 27.7 Å². The Morgan fingerprint density at radius 2 is 2.07 bits per heavy atom. The molecule has 3 rings (SSSR count). The predicted octanol–water partition coefficient (Wildman–Crippen LogP) is 4.11. The molecule has 27 heavy (non-hydrogen) atoms. The Morgan fingerprint density at radius 3 is 2.67 bits per heavy atom. The zero-order valence-electron chi connectivity index (χ0n) is 14.5. The van der Waals surface area contributed by atoms with Gasteiger partial charge in [0.15, 0.2) is 6.61 Å². The summed E-state index contributed by atoms with van der Waals surface area (Å²) in [5.41, 5.74) is 1.74. The molecule has 1 amide bonds. The summed E-state index contributed by atoms with van der Waals surface area (Å²) in [5.74, 6) is -0.821. The largest absolute Gasteiger partial charge is 0.452 e. The number of ether oxygens (including phenoxy) is 1. The van der Waals surface area contributed by atoms with Crippen LogP contribution in [-0.4, -0.2) is 29.7 Å². The minimum atomic E-state index is -0.697. The van der Waals surface area contributed by atoms with Gasteiger partial charge in [-0.05, 0) is 49.4 Å². The molecule has 0 saturated heterocycles. The Kier molecular flexibility index (Phi) is 6.14. The van der Waals surface area contributed by atoms with Crippen molar-refractivity contribution in [3.63, 3.8) is 0 Å². The van der Waals surface area contributed by atoms with E-state index in [1.165, 1.54) is 11.8 Å². The number of carbonyl (C=O) groups excluding carboxylic acids is 2. The third-order valence-electron chi connectivity index (χ3n) is 3.99. The minimum absolute atomic E-state index is 0.162. The van der Waals surface area contributed by atoms with Gasteiger partial charge in [0.25, 0.3) is 5.91 Å². The number of pyridine rings is 1. The molecule has 1 aromatic heterocycles. The number of hydrogen-bond donors (Lipinski definition) is 1. The number of esters is 1. The van der Waals surface area contributed by atoms with Crippen molar-refractivity contribution in [3.8, 4) is 6.07 Å². The van der Waals surface area contributed by atoms with Gasteiger partial charge in [0.05, 0.1) is 11.1 Å². The smallest absolute Gasteiger partial charge is 0.340 e. The number of aromatic nitrogens is 1. The molecule has 1 saturated carbocycles. The van der Waals surface area contributed by atoms with E-state index in [9.17, 15) is 14.9 Å². The maximum Gasteiger partial charge on any atom is 0.340 e. The number of halogens is 1. The molecule has 2 aromatic rings. The third-order valence-corrected chi connectivity index (χ3v) is 5.20. The van der Waals surface area contributed by atoms with Crippen LogP contribution in [0.2, 0.25) is 0 Å². The first-order valence-corrected chi connectivity index (χ1v) is 10.2. The molecule has 0 radical (unpaired) electrons. The van der Waals surface area contributed by atoms with Gasteiger partial charge in [0, 0.05) is 21.8 Å². The highest BCUT2D eigenvalue weighted by atomic mass is 79.9. The second kappa shape index (κ2) is 8.55. The standard InChI is InChI=1S/C19H16BrN3O3S/c1-27-18-15(9-21)14(8-16(23-18)11-2-3-11)19(25)26-10-17(24)22-13-6-4-12(20)5-7-13/h4-8,11H,2-3,10H2,1H3,(H,22,24). The average Bonchev–Trinajstić information content (AvgIpc) is 3.52. The number of thioether (sulfide) groups is 1. The Bertz CT molecular complexity index is 921. The number of carbonyl (C=O) groups is 2. The first-order chi connectivity index (χ1) is 13.0. The van der Waals surface area contributed by atoms with Crippen molar-refractivity contribution >= 4 is 45.3 Å². The lowest BCUT2D eigenvalue weighted by Crippen LogP contribution is -2.21. The van der Waals surface area contributed by atoms with Crippen molar-refractivity contribution in [2.75, 3.05) is 18.2 Å². The van der Waals surface area contributed by atoms with Crippen molar-refractivity contribution in [2.45, 2.75) is 23.8 Å². The summed E-state index contributed by atoms with van der Waals surface area (Å²) in [5, 5.41) is 12.6. The van der Waals surface area contributed by atoms with Gasteiger partial charge in [0.2, 0.25) is 0 Å². The fourth-order valence-electron chi connectivity index (χ4n) is 2.48. The number of nitrogens with zero attached hydrogens (tertiary/aromatic N) is 2. The van der Waals surface area contributed by atoms with Gasteiger partial charge in [0.1, 0.15) is 11.1 Å². The number of nitrogens with one attached hydrogen (secondary N) is 1. The molecule has 1 aliphatic rings. The zero-order chi connectivity index (χ0) is 19.4. The topological polar surface area (TPSA) is 92.1 Å². The molecule has 138 valence electrons. The normalized spacial score (nSPS) is 12.9. The molecule has 1 heterocycles. The fraction of sp³-hybridized carbons (Fsp3) is 0.263. The van der Waals surface area contributed by atoms with Crippen molar-refractivity contribution < 1.29 is 14.3 Å². The molecule has 0 atom stereocenters. The second-order valence-electron chi connectivity index (χ2n) is 6.00. The van der Waals surface area contributed by atoms with Crippen LogP contribution in [0.15, 0.2) is 39.8 Å². The Hall–Kier alpha value is -2.37. The third kappa shape index (κ3) is 4.87. The fourth-order valence-corrected chi connectivity index (χ4v) is 3.31. The summed E-state index contributed by atoms with van der Waals surface area (Å²) in [6.07, 6.45) is 3.86. The summed E-state index contributed by atoms with van der Waals surface area (Å²) in [4.78, 5) is 29.0. The molecule has 1 aliphatic carbocycles. The van der Waals surface area contributed by atoms with Crippen molar-refractivity contribution in [2.24, 2.45) is 0 Å². The van der Waals surface area contributed by atoms with Crippen LogP contribution in [0.25, 0.3) is 0 Å². The van der Waals surface area contributed by atoms with E-state index in [1.807, 2.05) is 6.07 Å². The summed E-state index contributed by atoms with van der Waals surface area (Å²) in [6.45, 7) is -0.435. The molecular formula is C19H16BrN3O3S. The molecule has 0 unspecified atom stereocenters. The molecule has 1 aromatic carbocycles. The van der Waals surface area contributed by atoms with Crippen LogP contribution in [-0.2, 0) is 9.53 Å². The summed E-state index contributed by atoms with van der Waals surface area (Å²) in [7, 11) is 0. The number of anilines is 1. The van der Waals surface area contributed by atoms with Crippen LogP contribution < -0.4 is 5.32 Å². The number of benzene rings is 1. The number of nitriles is 1. The van der Waals surface area contributed by atoms with Gasteiger partial charge in [-0.3, -0.25) is 4.79 Å².